The number of thiophene rings is 1. The highest BCUT2D eigenvalue weighted by Gasteiger charge is 2.20. The van der Waals surface area contributed by atoms with E-state index in [0.717, 1.165) is 33.9 Å². The lowest BCUT2D eigenvalue weighted by Gasteiger charge is -2.12. The number of hydrogen-bond acceptors (Lipinski definition) is 8. The van der Waals surface area contributed by atoms with Crippen molar-refractivity contribution in [3.63, 3.8) is 0 Å². The SMILES string of the molecule is CN(C)CCOc1cccc(Nc2nccc(-c3c(-c4ccc(F)c(NC(=O)Cc5cccs5)c4)nn4ccccc34)n2)c1. The summed E-state index contributed by atoms with van der Waals surface area (Å²) in [4.78, 5) is 24.9. The molecule has 1 amide bonds. The fourth-order valence-electron chi connectivity index (χ4n) is 4.68. The van der Waals surface area contributed by atoms with Crippen LogP contribution >= 0.6 is 11.3 Å². The molecule has 0 fully saturated rings. The van der Waals surface area contributed by atoms with E-state index in [-0.39, 0.29) is 18.0 Å². The predicted octanol–water partition coefficient (Wildman–Crippen LogP) is 6.52. The third-order valence-electron chi connectivity index (χ3n) is 6.78. The Bertz CT molecular complexity index is 1910. The molecule has 2 N–H and O–H groups in total. The van der Waals surface area contributed by atoms with Crippen LogP contribution in [0, 0.1) is 5.82 Å². The molecule has 44 heavy (non-hydrogen) atoms. The van der Waals surface area contributed by atoms with Crippen LogP contribution in [-0.4, -0.2) is 57.6 Å². The van der Waals surface area contributed by atoms with Crippen LogP contribution in [0.4, 0.5) is 21.7 Å². The Morgan fingerprint density at radius 2 is 1.95 bits per heavy atom. The second kappa shape index (κ2) is 13.0. The van der Waals surface area contributed by atoms with Crippen molar-refractivity contribution in [2.45, 2.75) is 6.42 Å². The Morgan fingerprint density at radius 1 is 1.05 bits per heavy atom. The van der Waals surface area contributed by atoms with E-state index >= 15 is 0 Å². The van der Waals surface area contributed by atoms with E-state index in [4.69, 9.17) is 14.8 Å². The van der Waals surface area contributed by atoms with Gasteiger partial charge in [0.15, 0.2) is 0 Å². The topological polar surface area (TPSA) is 96.7 Å². The maximum atomic E-state index is 14.9. The third kappa shape index (κ3) is 6.74. The van der Waals surface area contributed by atoms with Gasteiger partial charge in [0.2, 0.25) is 11.9 Å². The Hall–Kier alpha value is -5.13. The highest BCUT2D eigenvalue weighted by Crippen LogP contribution is 2.36. The van der Waals surface area contributed by atoms with Crippen LogP contribution in [0.5, 0.6) is 5.75 Å². The van der Waals surface area contributed by atoms with Crippen LogP contribution in [0.25, 0.3) is 28.0 Å². The number of nitrogens with zero attached hydrogens (tertiary/aromatic N) is 5. The zero-order valence-electron chi connectivity index (χ0n) is 24.2. The molecule has 222 valence electrons. The maximum Gasteiger partial charge on any atom is 0.229 e. The average Bonchev–Trinajstić information content (AvgIpc) is 3.66. The maximum absolute atomic E-state index is 14.9. The van der Waals surface area contributed by atoms with E-state index in [1.165, 1.54) is 17.4 Å². The summed E-state index contributed by atoms with van der Waals surface area (Å²) in [6.07, 6.45) is 3.69. The summed E-state index contributed by atoms with van der Waals surface area (Å²) in [5.41, 5.74) is 4.29. The second-order valence-corrected chi connectivity index (χ2v) is 11.4. The molecule has 0 aliphatic carbocycles. The molecule has 0 atom stereocenters. The van der Waals surface area contributed by atoms with Gasteiger partial charge in [-0.1, -0.05) is 18.2 Å². The van der Waals surface area contributed by atoms with E-state index in [9.17, 15) is 9.18 Å². The smallest absolute Gasteiger partial charge is 0.229 e. The van der Waals surface area contributed by atoms with Crippen molar-refractivity contribution in [1.82, 2.24) is 24.5 Å². The first kappa shape index (κ1) is 29.0. The monoisotopic (exact) mass is 607 g/mol. The van der Waals surface area contributed by atoms with Gasteiger partial charge in [0.25, 0.3) is 0 Å². The molecule has 11 heteroatoms. The van der Waals surface area contributed by atoms with Crippen molar-refractivity contribution in [3.8, 4) is 28.3 Å². The first-order chi connectivity index (χ1) is 21.4. The van der Waals surface area contributed by atoms with Crippen molar-refractivity contribution in [2.24, 2.45) is 0 Å². The van der Waals surface area contributed by atoms with Crippen molar-refractivity contribution >= 4 is 40.1 Å². The van der Waals surface area contributed by atoms with Crippen molar-refractivity contribution in [3.05, 3.63) is 107 Å². The molecular weight excluding hydrogens is 577 g/mol. The van der Waals surface area contributed by atoms with Gasteiger partial charge in [0.05, 0.1) is 28.9 Å². The molecule has 4 heterocycles. The van der Waals surface area contributed by atoms with Crippen LogP contribution in [-0.2, 0) is 11.2 Å². The number of ether oxygens (including phenoxy) is 1. The number of rotatable bonds is 11. The number of anilines is 3. The second-order valence-electron chi connectivity index (χ2n) is 10.3. The zero-order chi connectivity index (χ0) is 30.5. The summed E-state index contributed by atoms with van der Waals surface area (Å²) >= 11 is 1.48. The average molecular weight is 608 g/mol. The minimum atomic E-state index is -0.528. The molecule has 0 bridgehead atoms. The lowest BCUT2D eigenvalue weighted by molar-refractivity contribution is -0.115. The summed E-state index contributed by atoms with van der Waals surface area (Å²) in [6.45, 7) is 1.38. The molecular formula is C33H30FN7O2S. The van der Waals surface area contributed by atoms with E-state index in [1.807, 2.05) is 86.3 Å². The number of benzene rings is 2. The van der Waals surface area contributed by atoms with Gasteiger partial charge >= 0.3 is 0 Å². The number of nitrogens with one attached hydrogen (secondary N) is 2. The number of carbonyl (C=O) groups excluding carboxylic acids is 1. The Labute approximate surface area is 258 Å². The van der Waals surface area contributed by atoms with Crippen molar-refractivity contribution in [2.75, 3.05) is 37.9 Å². The largest absolute Gasteiger partial charge is 0.492 e. The summed E-state index contributed by atoms with van der Waals surface area (Å²) in [5.74, 6) is 0.319. The molecule has 0 saturated carbocycles. The fraction of sp³-hybridized carbons (Fsp3) is 0.152. The minimum Gasteiger partial charge on any atom is -0.492 e. The van der Waals surface area contributed by atoms with Crippen LogP contribution < -0.4 is 15.4 Å². The molecule has 0 saturated heterocycles. The van der Waals surface area contributed by atoms with Gasteiger partial charge < -0.3 is 20.3 Å². The van der Waals surface area contributed by atoms with E-state index in [1.54, 1.807) is 22.8 Å². The molecule has 0 spiro atoms. The van der Waals surface area contributed by atoms with Gasteiger partial charge in [0, 0.05) is 41.1 Å². The number of halogens is 1. The van der Waals surface area contributed by atoms with Gasteiger partial charge in [-0.2, -0.15) is 5.10 Å². The molecule has 0 aliphatic heterocycles. The molecule has 0 unspecified atom stereocenters. The molecule has 6 aromatic rings. The highest BCUT2D eigenvalue weighted by atomic mass is 32.1. The lowest BCUT2D eigenvalue weighted by atomic mass is 10.0. The first-order valence-electron chi connectivity index (χ1n) is 14.0. The number of aromatic nitrogens is 4. The summed E-state index contributed by atoms with van der Waals surface area (Å²) in [6, 6.07) is 23.6. The normalized spacial score (nSPS) is 11.2. The van der Waals surface area contributed by atoms with Crippen molar-refractivity contribution < 1.29 is 13.9 Å². The summed E-state index contributed by atoms with van der Waals surface area (Å²) < 4.78 is 22.5. The van der Waals surface area contributed by atoms with Crippen LogP contribution in [0.2, 0.25) is 0 Å². The number of likely N-dealkylation sites (N-methyl/N-ethyl adjacent to an activating group) is 1. The van der Waals surface area contributed by atoms with Gasteiger partial charge in [-0.15, -0.1) is 11.3 Å². The standard InChI is InChI=1S/C33H30FN7O2S/c1-40(2)16-17-43-24-8-5-7-23(20-24)36-33-35-14-13-27(38-33)31-29-10-3-4-15-41(29)39-32(31)22-11-12-26(34)28(19-22)37-30(42)21-25-9-6-18-44-25/h3-15,18-20H,16-17,21H2,1-2H3,(H,37,42)(H,35,36,38). The molecule has 2 aromatic carbocycles. The minimum absolute atomic E-state index is 0.0878. The number of carbonyl (C=O) groups is 1. The lowest BCUT2D eigenvalue weighted by Crippen LogP contribution is -2.19. The molecule has 9 nitrogen and oxygen atoms in total. The molecule has 6 rings (SSSR count). The van der Waals surface area contributed by atoms with Gasteiger partial charge in [0.1, 0.15) is 23.9 Å². The number of pyridine rings is 1. The molecule has 0 radical (unpaired) electrons. The van der Waals surface area contributed by atoms with Crippen LogP contribution in [0.1, 0.15) is 4.88 Å². The van der Waals surface area contributed by atoms with E-state index < -0.39 is 5.82 Å². The Kier molecular flexibility index (Phi) is 8.57. The van der Waals surface area contributed by atoms with Gasteiger partial charge in [-0.25, -0.2) is 18.9 Å². The Balaban J connectivity index is 1.31. The number of amides is 1. The summed E-state index contributed by atoms with van der Waals surface area (Å²) in [5, 5.41) is 12.7. The molecule has 4 aromatic heterocycles. The fourth-order valence-corrected chi connectivity index (χ4v) is 5.39. The van der Waals surface area contributed by atoms with Crippen LogP contribution in [0.3, 0.4) is 0 Å². The van der Waals surface area contributed by atoms with Crippen molar-refractivity contribution in [1.29, 1.82) is 0 Å². The van der Waals surface area contributed by atoms with Gasteiger partial charge in [-0.3, -0.25) is 4.79 Å². The van der Waals surface area contributed by atoms with Gasteiger partial charge in [-0.05, 0) is 74.1 Å². The highest BCUT2D eigenvalue weighted by molar-refractivity contribution is 7.10. The molecule has 0 aliphatic rings. The predicted molar refractivity (Wildman–Crippen MR) is 172 cm³/mol. The quantitative estimate of drug-likeness (QED) is 0.173. The first-order valence-corrected chi connectivity index (χ1v) is 14.9. The number of fused-ring (bicyclic) bond motifs is 1. The van der Waals surface area contributed by atoms with Crippen LogP contribution in [0.15, 0.2) is 96.6 Å². The Morgan fingerprint density at radius 3 is 2.80 bits per heavy atom. The number of hydrogen-bond donors (Lipinski definition) is 2. The third-order valence-corrected chi connectivity index (χ3v) is 7.65. The zero-order valence-corrected chi connectivity index (χ0v) is 25.0. The van der Waals surface area contributed by atoms with E-state index in [2.05, 4.69) is 20.5 Å². The van der Waals surface area contributed by atoms with E-state index in [0.29, 0.717) is 29.5 Å². The summed E-state index contributed by atoms with van der Waals surface area (Å²) in [7, 11) is 4.00.